The molecule has 0 spiro atoms. The molecule has 132 valence electrons. The lowest BCUT2D eigenvalue weighted by Crippen LogP contribution is -2.17. The topological polar surface area (TPSA) is 76.4 Å². The van der Waals surface area contributed by atoms with E-state index in [0.29, 0.717) is 11.5 Å². The van der Waals surface area contributed by atoms with Crippen LogP contribution in [-0.4, -0.2) is 23.0 Å². The maximum Gasteiger partial charge on any atom is 0.263 e. The number of fused-ring (bicyclic) bond motifs is 1. The van der Waals surface area contributed by atoms with Gasteiger partial charge < -0.3 is 0 Å². The van der Waals surface area contributed by atoms with Crippen LogP contribution in [0, 0.1) is 0 Å². The first-order valence-corrected chi connectivity index (χ1v) is 9.66. The summed E-state index contributed by atoms with van der Waals surface area (Å²) in [5, 5.41) is 4.38. The summed E-state index contributed by atoms with van der Waals surface area (Å²) in [4.78, 5) is 4.43. The molecule has 3 rings (SSSR count). The van der Waals surface area contributed by atoms with Gasteiger partial charge in [-0.05, 0) is 35.6 Å². The quantitative estimate of drug-likeness (QED) is 0.775. The van der Waals surface area contributed by atoms with E-state index in [-0.39, 0.29) is 10.3 Å². The Hall–Kier alpha value is -2.41. The maximum absolute atomic E-state index is 12.7. The molecule has 0 fully saturated rings. The third kappa shape index (κ3) is 3.51. The molecule has 0 saturated heterocycles. The molecule has 0 amide bonds. The first kappa shape index (κ1) is 17.4. The van der Waals surface area contributed by atoms with E-state index in [0.717, 1.165) is 17.7 Å². The standard InChI is InChI=1S/C18H22N4O2S/c1-5-14-12-17-19-11-10-16(22(17)20-14)21-25(23,24)15-8-6-13(7-9-15)18(2,3)4/h6-12,21H,5H2,1-4H3. The molecule has 2 aromatic heterocycles. The van der Waals surface area contributed by atoms with E-state index < -0.39 is 10.0 Å². The molecular formula is C18H22N4O2S. The molecule has 25 heavy (non-hydrogen) atoms. The zero-order valence-corrected chi connectivity index (χ0v) is 15.6. The van der Waals surface area contributed by atoms with Gasteiger partial charge in [-0.1, -0.05) is 39.8 Å². The van der Waals surface area contributed by atoms with Gasteiger partial charge in [-0.2, -0.15) is 9.61 Å². The third-order valence-electron chi connectivity index (χ3n) is 4.04. The summed E-state index contributed by atoms with van der Waals surface area (Å²) < 4.78 is 29.5. The number of nitrogens with one attached hydrogen (secondary N) is 1. The predicted molar refractivity (Wildman–Crippen MR) is 98.3 cm³/mol. The lowest BCUT2D eigenvalue weighted by atomic mass is 9.87. The lowest BCUT2D eigenvalue weighted by molar-refractivity contribution is 0.587. The number of benzene rings is 1. The van der Waals surface area contributed by atoms with Crippen LogP contribution in [-0.2, 0) is 21.9 Å². The monoisotopic (exact) mass is 358 g/mol. The van der Waals surface area contributed by atoms with Gasteiger partial charge in [-0.3, -0.25) is 4.72 Å². The molecule has 0 aliphatic rings. The minimum Gasteiger partial charge on any atom is -0.263 e. The summed E-state index contributed by atoms with van der Waals surface area (Å²) >= 11 is 0. The molecule has 0 aliphatic heterocycles. The van der Waals surface area contributed by atoms with E-state index in [1.807, 2.05) is 25.1 Å². The zero-order chi connectivity index (χ0) is 18.2. The molecule has 0 atom stereocenters. The molecule has 0 aliphatic carbocycles. The fourth-order valence-electron chi connectivity index (χ4n) is 2.52. The zero-order valence-electron chi connectivity index (χ0n) is 14.8. The van der Waals surface area contributed by atoms with Crippen LogP contribution in [0.4, 0.5) is 5.82 Å². The van der Waals surface area contributed by atoms with E-state index in [1.165, 1.54) is 4.52 Å². The van der Waals surface area contributed by atoms with Crippen LogP contribution in [0.3, 0.4) is 0 Å². The lowest BCUT2D eigenvalue weighted by Gasteiger charge is -2.19. The second kappa shape index (κ2) is 6.15. The van der Waals surface area contributed by atoms with Crippen molar-refractivity contribution in [2.75, 3.05) is 4.72 Å². The third-order valence-corrected chi connectivity index (χ3v) is 5.41. The molecule has 1 aromatic carbocycles. The largest absolute Gasteiger partial charge is 0.263 e. The molecular weight excluding hydrogens is 336 g/mol. The second-order valence-electron chi connectivity index (χ2n) is 6.97. The molecule has 1 N–H and O–H groups in total. The molecule has 3 aromatic rings. The number of rotatable bonds is 4. The van der Waals surface area contributed by atoms with Gasteiger partial charge in [0.2, 0.25) is 0 Å². The highest BCUT2D eigenvalue weighted by Gasteiger charge is 2.19. The van der Waals surface area contributed by atoms with Gasteiger partial charge >= 0.3 is 0 Å². The summed E-state index contributed by atoms with van der Waals surface area (Å²) in [6.45, 7) is 8.25. The molecule has 0 radical (unpaired) electrons. The number of aromatic nitrogens is 3. The number of hydrogen-bond donors (Lipinski definition) is 1. The fourth-order valence-corrected chi connectivity index (χ4v) is 3.57. The first-order valence-electron chi connectivity index (χ1n) is 8.18. The summed E-state index contributed by atoms with van der Waals surface area (Å²) in [5.74, 6) is 0.365. The highest BCUT2D eigenvalue weighted by molar-refractivity contribution is 7.92. The highest BCUT2D eigenvalue weighted by Crippen LogP contribution is 2.24. The normalized spacial score (nSPS) is 12.5. The van der Waals surface area contributed by atoms with Crippen molar-refractivity contribution in [2.45, 2.75) is 44.4 Å². The molecule has 0 saturated carbocycles. The Morgan fingerprint density at radius 1 is 1.12 bits per heavy atom. The van der Waals surface area contributed by atoms with Gasteiger partial charge in [-0.15, -0.1) is 0 Å². The van der Waals surface area contributed by atoms with Gasteiger partial charge in [0.15, 0.2) is 5.65 Å². The average molecular weight is 358 g/mol. The Morgan fingerprint density at radius 3 is 2.40 bits per heavy atom. The van der Waals surface area contributed by atoms with Crippen molar-refractivity contribution in [2.24, 2.45) is 0 Å². The number of hydrogen-bond acceptors (Lipinski definition) is 4. The minimum absolute atomic E-state index is 0.0292. The summed E-state index contributed by atoms with van der Waals surface area (Å²) in [7, 11) is -3.70. The van der Waals surface area contributed by atoms with E-state index in [1.54, 1.807) is 24.4 Å². The van der Waals surface area contributed by atoms with Gasteiger partial charge in [0.05, 0.1) is 10.6 Å². The van der Waals surface area contributed by atoms with Gasteiger partial charge in [0.1, 0.15) is 5.82 Å². The van der Waals surface area contributed by atoms with Crippen LogP contribution in [0.2, 0.25) is 0 Å². The van der Waals surface area contributed by atoms with Crippen molar-refractivity contribution in [1.29, 1.82) is 0 Å². The van der Waals surface area contributed by atoms with Crippen molar-refractivity contribution in [1.82, 2.24) is 14.6 Å². The number of anilines is 1. The van der Waals surface area contributed by atoms with Crippen LogP contribution in [0.25, 0.3) is 5.65 Å². The minimum atomic E-state index is -3.70. The Labute approximate surface area is 148 Å². The SMILES string of the molecule is CCc1cc2nccc(NS(=O)(=O)c3ccc(C(C)(C)C)cc3)n2n1. The average Bonchev–Trinajstić information content (AvgIpc) is 2.98. The van der Waals surface area contributed by atoms with Crippen LogP contribution in [0.15, 0.2) is 47.5 Å². The smallest absolute Gasteiger partial charge is 0.263 e. The van der Waals surface area contributed by atoms with Crippen molar-refractivity contribution >= 4 is 21.5 Å². The van der Waals surface area contributed by atoms with E-state index in [2.05, 4.69) is 35.6 Å². The Kier molecular flexibility index (Phi) is 4.28. The molecule has 7 heteroatoms. The predicted octanol–water partition coefficient (Wildman–Crippen LogP) is 3.39. The van der Waals surface area contributed by atoms with E-state index in [9.17, 15) is 8.42 Å². The van der Waals surface area contributed by atoms with Gasteiger partial charge in [0.25, 0.3) is 10.0 Å². The van der Waals surface area contributed by atoms with Crippen molar-refractivity contribution in [3.8, 4) is 0 Å². The highest BCUT2D eigenvalue weighted by atomic mass is 32.2. The van der Waals surface area contributed by atoms with E-state index in [4.69, 9.17) is 0 Å². The molecule has 6 nitrogen and oxygen atoms in total. The maximum atomic E-state index is 12.7. The molecule has 2 heterocycles. The Morgan fingerprint density at radius 2 is 1.80 bits per heavy atom. The summed E-state index contributed by atoms with van der Waals surface area (Å²) in [5.41, 5.74) is 2.52. The van der Waals surface area contributed by atoms with Gasteiger partial charge in [-0.25, -0.2) is 13.4 Å². The van der Waals surface area contributed by atoms with Crippen molar-refractivity contribution < 1.29 is 8.42 Å². The summed E-state index contributed by atoms with van der Waals surface area (Å²) in [6.07, 6.45) is 2.32. The van der Waals surface area contributed by atoms with Crippen LogP contribution < -0.4 is 4.72 Å². The fraction of sp³-hybridized carbons (Fsp3) is 0.333. The van der Waals surface area contributed by atoms with E-state index >= 15 is 0 Å². The number of nitrogens with zero attached hydrogens (tertiary/aromatic N) is 3. The van der Waals surface area contributed by atoms with Crippen molar-refractivity contribution in [3.63, 3.8) is 0 Å². The van der Waals surface area contributed by atoms with Crippen LogP contribution in [0.5, 0.6) is 0 Å². The van der Waals surface area contributed by atoms with Gasteiger partial charge in [0, 0.05) is 12.3 Å². The Bertz CT molecular complexity index is 1000. The number of sulfonamides is 1. The molecule has 0 bridgehead atoms. The number of aryl methyl sites for hydroxylation is 1. The van der Waals surface area contributed by atoms with Crippen LogP contribution in [0.1, 0.15) is 39.0 Å². The summed E-state index contributed by atoms with van der Waals surface area (Å²) in [6, 6.07) is 10.4. The van der Waals surface area contributed by atoms with Crippen molar-refractivity contribution in [3.05, 3.63) is 53.9 Å². The first-order chi connectivity index (χ1) is 11.7. The second-order valence-corrected chi connectivity index (χ2v) is 8.65. The molecule has 0 unspecified atom stereocenters. The van der Waals surface area contributed by atoms with Crippen LogP contribution >= 0.6 is 0 Å². The Balaban J connectivity index is 1.95.